The average molecular weight is 345 g/mol. The molecule has 1 aliphatic carbocycles. The SMILES string of the molecule is O=C(Nc1cc(F)ccc1OC[C@H]1CCCO1)c1cc(C2CC2)[nH]n1. The van der Waals surface area contributed by atoms with Crippen molar-refractivity contribution in [2.75, 3.05) is 18.5 Å². The monoisotopic (exact) mass is 345 g/mol. The van der Waals surface area contributed by atoms with E-state index in [2.05, 4.69) is 15.5 Å². The van der Waals surface area contributed by atoms with Gasteiger partial charge in [-0.3, -0.25) is 9.89 Å². The number of hydrogen-bond donors (Lipinski definition) is 2. The van der Waals surface area contributed by atoms with Crippen LogP contribution in [-0.2, 0) is 4.74 Å². The molecule has 0 unspecified atom stereocenters. The largest absolute Gasteiger partial charge is 0.489 e. The predicted molar refractivity (Wildman–Crippen MR) is 89.4 cm³/mol. The molecule has 0 spiro atoms. The van der Waals surface area contributed by atoms with Crippen molar-refractivity contribution in [1.82, 2.24) is 10.2 Å². The minimum Gasteiger partial charge on any atom is -0.489 e. The van der Waals surface area contributed by atoms with Gasteiger partial charge in [0.1, 0.15) is 18.2 Å². The van der Waals surface area contributed by atoms with Gasteiger partial charge in [-0.1, -0.05) is 0 Å². The van der Waals surface area contributed by atoms with Gasteiger partial charge in [-0.05, 0) is 43.9 Å². The smallest absolute Gasteiger partial charge is 0.276 e. The van der Waals surface area contributed by atoms with Crippen molar-refractivity contribution in [1.29, 1.82) is 0 Å². The van der Waals surface area contributed by atoms with Crippen molar-refractivity contribution in [2.45, 2.75) is 37.7 Å². The highest BCUT2D eigenvalue weighted by Gasteiger charge is 2.26. The molecule has 0 bridgehead atoms. The highest BCUT2D eigenvalue weighted by molar-refractivity contribution is 6.03. The van der Waals surface area contributed by atoms with Crippen molar-refractivity contribution in [2.24, 2.45) is 0 Å². The molecule has 1 saturated heterocycles. The Hall–Kier alpha value is -2.41. The van der Waals surface area contributed by atoms with Crippen LogP contribution in [0.5, 0.6) is 5.75 Å². The molecule has 1 atom stereocenters. The highest BCUT2D eigenvalue weighted by atomic mass is 19.1. The van der Waals surface area contributed by atoms with Crippen LogP contribution in [0.25, 0.3) is 0 Å². The number of anilines is 1. The van der Waals surface area contributed by atoms with Crippen molar-refractivity contribution in [3.8, 4) is 5.75 Å². The van der Waals surface area contributed by atoms with Crippen LogP contribution in [0.2, 0.25) is 0 Å². The van der Waals surface area contributed by atoms with Gasteiger partial charge in [-0.25, -0.2) is 4.39 Å². The number of amides is 1. The topological polar surface area (TPSA) is 76.2 Å². The third-order valence-electron chi connectivity index (χ3n) is 4.49. The first-order valence-electron chi connectivity index (χ1n) is 8.59. The Bertz CT molecular complexity index is 767. The summed E-state index contributed by atoms with van der Waals surface area (Å²) in [5.41, 5.74) is 1.55. The predicted octanol–water partition coefficient (Wildman–Crippen LogP) is 3.24. The lowest BCUT2D eigenvalue weighted by atomic mass is 10.2. The number of carbonyl (C=O) groups excluding carboxylic acids is 1. The number of carbonyl (C=O) groups is 1. The van der Waals surface area contributed by atoms with Crippen molar-refractivity contribution >= 4 is 11.6 Å². The van der Waals surface area contributed by atoms with Gasteiger partial charge in [0, 0.05) is 24.3 Å². The summed E-state index contributed by atoms with van der Waals surface area (Å²) >= 11 is 0. The second kappa shape index (κ2) is 6.84. The number of ether oxygens (including phenoxy) is 2. The van der Waals surface area contributed by atoms with Gasteiger partial charge in [0.25, 0.3) is 5.91 Å². The molecule has 132 valence electrons. The zero-order valence-electron chi connectivity index (χ0n) is 13.8. The summed E-state index contributed by atoms with van der Waals surface area (Å²) in [6.07, 6.45) is 4.24. The summed E-state index contributed by atoms with van der Waals surface area (Å²) in [5, 5.41) is 9.62. The fourth-order valence-electron chi connectivity index (χ4n) is 2.93. The lowest BCUT2D eigenvalue weighted by Crippen LogP contribution is -2.18. The number of hydrogen-bond acceptors (Lipinski definition) is 4. The molecule has 25 heavy (non-hydrogen) atoms. The number of nitrogens with zero attached hydrogens (tertiary/aromatic N) is 1. The van der Waals surface area contributed by atoms with E-state index in [1.807, 2.05) is 0 Å². The Labute approximate surface area is 144 Å². The van der Waals surface area contributed by atoms with Crippen LogP contribution in [0.3, 0.4) is 0 Å². The molecule has 2 N–H and O–H groups in total. The zero-order chi connectivity index (χ0) is 17.2. The van der Waals surface area contributed by atoms with E-state index >= 15 is 0 Å². The Morgan fingerprint density at radius 3 is 3.00 bits per heavy atom. The minimum absolute atomic E-state index is 0.0426. The van der Waals surface area contributed by atoms with E-state index in [-0.39, 0.29) is 11.8 Å². The van der Waals surface area contributed by atoms with Crippen molar-refractivity contribution < 1.29 is 18.7 Å². The Kier molecular flexibility index (Phi) is 4.40. The number of halogens is 1. The van der Waals surface area contributed by atoms with Crippen LogP contribution in [0.4, 0.5) is 10.1 Å². The zero-order valence-corrected chi connectivity index (χ0v) is 13.8. The fourth-order valence-corrected chi connectivity index (χ4v) is 2.93. The summed E-state index contributed by atoms with van der Waals surface area (Å²) < 4.78 is 24.9. The summed E-state index contributed by atoms with van der Waals surface area (Å²) in [6.45, 7) is 1.12. The fraction of sp³-hybridized carbons (Fsp3) is 0.444. The summed E-state index contributed by atoms with van der Waals surface area (Å²) in [7, 11) is 0. The van der Waals surface area contributed by atoms with Crippen LogP contribution < -0.4 is 10.1 Å². The molecule has 0 radical (unpaired) electrons. The third-order valence-corrected chi connectivity index (χ3v) is 4.49. The molecule has 7 heteroatoms. The first-order valence-corrected chi connectivity index (χ1v) is 8.59. The van der Waals surface area contributed by atoms with Crippen molar-refractivity contribution in [3.05, 3.63) is 41.5 Å². The first kappa shape index (κ1) is 16.1. The van der Waals surface area contributed by atoms with Gasteiger partial charge in [0.2, 0.25) is 0 Å². The number of benzene rings is 1. The normalized spacial score (nSPS) is 19.8. The molecule has 2 aromatic rings. The van der Waals surface area contributed by atoms with E-state index in [1.165, 1.54) is 18.2 Å². The molecule has 1 saturated carbocycles. The van der Waals surface area contributed by atoms with E-state index in [4.69, 9.17) is 9.47 Å². The third kappa shape index (κ3) is 3.82. The summed E-state index contributed by atoms with van der Waals surface area (Å²) in [6, 6.07) is 5.82. The van der Waals surface area contributed by atoms with Gasteiger partial charge in [-0.2, -0.15) is 5.10 Å². The molecule has 1 aromatic carbocycles. The Balaban J connectivity index is 1.45. The maximum Gasteiger partial charge on any atom is 0.276 e. The van der Waals surface area contributed by atoms with E-state index in [9.17, 15) is 9.18 Å². The minimum atomic E-state index is -0.444. The lowest BCUT2D eigenvalue weighted by molar-refractivity contribution is 0.0681. The molecule has 1 aromatic heterocycles. The first-order chi connectivity index (χ1) is 12.2. The van der Waals surface area contributed by atoms with Crippen molar-refractivity contribution in [3.63, 3.8) is 0 Å². The standard InChI is InChI=1S/C18H20FN3O3/c19-12-5-6-17(25-10-13-2-1-7-24-13)15(8-12)20-18(23)16-9-14(21-22-16)11-3-4-11/h5-6,8-9,11,13H,1-4,7,10H2,(H,20,23)(H,21,22)/t13-/m1/s1. The van der Waals surface area contributed by atoms with Crippen LogP contribution in [0, 0.1) is 5.82 Å². The maximum atomic E-state index is 13.6. The molecular weight excluding hydrogens is 325 g/mol. The number of nitrogens with one attached hydrogen (secondary N) is 2. The van der Waals surface area contributed by atoms with Gasteiger partial charge >= 0.3 is 0 Å². The molecule has 2 heterocycles. The maximum absolute atomic E-state index is 13.6. The second-order valence-corrected chi connectivity index (χ2v) is 6.52. The van der Waals surface area contributed by atoms with Crippen LogP contribution in [0.15, 0.2) is 24.3 Å². The lowest BCUT2D eigenvalue weighted by Gasteiger charge is -2.15. The van der Waals surface area contributed by atoms with Crippen LogP contribution in [-0.4, -0.2) is 35.4 Å². The number of aromatic nitrogens is 2. The van der Waals surface area contributed by atoms with Crippen LogP contribution in [0.1, 0.15) is 47.8 Å². The number of aromatic amines is 1. The molecule has 2 aliphatic rings. The molecular formula is C18H20FN3O3. The second-order valence-electron chi connectivity index (χ2n) is 6.52. The molecule has 6 nitrogen and oxygen atoms in total. The van der Waals surface area contributed by atoms with E-state index < -0.39 is 11.7 Å². The number of H-pyrrole nitrogens is 1. The molecule has 1 aliphatic heterocycles. The van der Waals surface area contributed by atoms with E-state index in [1.54, 1.807) is 6.07 Å². The van der Waals surface area contributed by atoms with Gasteiger partial charge in [0.05, 0.1) is 11.8 Å². The Morgan fingerprint density at radius 1 is 1.36 bits per heavy atom. The van der Waals surface area contributed by atoms with Gasteiger partial charge < -0.3 is 14.8 Å². The van der Waals surface area contributed by atoms with E-state index in [0.29, 0.717) is 24.0 Å². The quantitative estimate of drug-likeness (QED) is 0.843. The molecule has 4 rings (SSSR count). The molecule has 2 fully saturated rings. The Morgan fingerprint density at radius 2 is 2.24 bits per heavy atom. The highest BCUT2D eigenvalue weighted by Crippen LogP contribution is 2.39. The van der Waals surface area contributed by atoms with E-state index in [0.717, 1.165) is 38.0 Å². The summed E-state index contributed by atoms with van der Waals surface area (Å²) in [4.78, 5) is 12.4. The van der Waals surface area contributed by atoms with Crippen LogP contribution >= 0.6 is 0 Å². The van der Waals surface area contributed by atoms with Gasteiger partial charge in [0.15, 0.2) is 5.69 Å². The van der Waals surface area contributed by atoms with Gasteiger partial charge in [-0.15, -0.1) is 0 Å². The summed E-state index contributed by atoms with van der Waals surface area (Å²) in [5.74, 6) is 0.0629. The number of rotatable bonds is 6. The molecule has 1 amide bonds. The average Bonchev–Trinajstić information content (AvgIpc) is 3.11.